The van der Waals surface area contributed by atoms with Crippen LogP contribution in [-0.2, 0) is 4.79 Å². The average Bonchev–Trinajstić information content (AvgIpc) is 2.43. The average molecular weight is 275 g/mol. The van der Waals surface area contributed by atoms with Crippen LogP contribution in [0.4, 0.5) is 0 Å². The molecule has 0 heterocycles. The Hall–Kier alpha value is -1.77. The Morgan fingerprint density at radius 1 is 1.35 bits per heavy atom. The van der Waals surface area contributed by atoms with E-state index >= 15 is 0 Å². The highest BCUT2D eigenvalue weighted by molar-refractivity contribution is 5.92. The van der Waals surface area contributed by atoms with Crippen LogP contribution in [0.3, 0.4) is 0 Å². The van der Waals surface area contributed by atoms with Gasteiger partial charge < -0.3 is 10.1 Å². The number of benzene rings is 1. The van der Waals surface area contributed by atoms with Crippen molar-refractivity contribution in [2.45, 2.75) is 33.6 Å². The van der Waals surface area contributed by atoms with Gasteiger partial charge in [0.05, 0.1) is 6.61 Å². The third-order valence-electron chi connectivity index (χ3n) is 2.82. The molecule has 0 spiro atoms. The van der Waals surface area contributed by atoms with Crippen molar-refractivity contribution in [1.29, 1.82) is 0 Å². The lowest BCUT2D eigenvalue weighted by molar-refractivity contribution is -0.116. The zero-order valence-electron chi connectivity index (χ0n) is 12.7. The molecule has 0 aliphatic carbocycles. The number of hydrogen-bond acceptors (Lipinski definition) is 2. The van der Waals surface area contributed by atoms with Crippen molar-refractivity contribution in [3.63, 3.8) is 0 Å². The van der Waals surface area contributed by atoms with E-state index in [-0.39, 0.29) is 5.91 Å². The predicted molar refractivity (Wildman–Crippen MR) is 83.7 cm³/mol. The summed E-state index contributed by atoms with van der Waals surface area (Å²) < 4.78 is 5.65. The molecule has 0 saturated carbocycles. The molecule has 0 unspecified atom stereocenters. The molecule has 0 aliphatic heterocycles. The van der Waals surface area contributed by atoms with Crippen LogP contribution in [-0.4, -0.2) is 19.1 Å². The molecule has 0 aliphatic rings. The second kappa shape index (κ2) is 9.18. The van der Waals surface area contributed by atoms with Crippen molar-refractivity contribution in [2.24, 2.45) is 5.92 Å². The molecule has 1 amide bonds. The first-order chi connectivity index (χ1) is 9.63. The molecule has 1 N–H and O–H groups in total. The first-order valence-electron chi connectivity index (χ1n) is 7.31. The maximum atomic E-state index is 11.7. The number of amides is 1. The van der Waals surface area contributed by atoms with Crippen LogP contribution < -0.4 is 10.1 Å². The molecule has 110 valence electrons. The van der Waals surface area contributed by atoms with Gasteiger partial charge >= 0.3 is 0 Å². The molecular weight excluding hydrogens is 250 g/mol. The van der Waals surface area contributed by atoms with Gasteiger partial charge in [0.25, 0.3) is 0 Å². The summed E-state index contributed by atoms with van der Waals surface area (Å²) in [5.41, 5.74) is 0.931. The van der Waals surface area contributed by atoms with Crippen molar-refractivity contribution in [1.82, 2.24) is 5.32 Å². The van der Waals surface area contributed by atoms with E-state index in [4.69, 9.17) is 4.74 Å². The minimum Gasteiger partial charge on any atom is -0.493 e. The van der Waals surface area contributed by atoms with Gasteiger partial charge in [0.1, 0.15) is 5.75 Å². The zero-order chi connectivity index (χ0) is 14.8. The summed E-state index contributed by atoms with van der Waals surface area (Å²) in [6, 6.07) is 7.75. The van der Waals surface area contributed by atoms with Gasteiger partial charge in [-0.3, -0.25) is 4.79 Å². The number of para-hydroxylation sites is 1. The molecule has 3 heteroatoms. The summed E-state index contributed by atoms with van der Waals surface area (Å²) in [6.07, 6.45) is 5.33. The molecule has 0 bridgehead atoms. The van der Waals surface area contributed by atoms with Gasteiger partial charge in [-0.15, -0.1) is 0 Å². The molecule has 0 aromatic heterocycles. The van der Waals surface area contributed by atoms with Crippen LogP contribution in [0.15, 0.2) is 30.3 Å². The van der Waals surface area contributed by atoms with Gasteiger partial charge in [0, 0.05) is 18.2 Å². The number of carbonyl (C=O) groups is 1. The fraction of sp³-hybridized carbons (Fsp3) is 0.471. The Labute approximate surface area is 122 Å². The Morgan fingerprint density at radius 2 is 2.10 bits per heavy atom. The van der Waals surface area contributed by atoms with E-state index in [9.17, 15) is 4.79 Å². The van der Waals surface area contributed by atoms with Crippen molar-refractivity contribution in [3.8, 4) is 5.75 Å². The number of nitrogens with one attached hydrogen (secondary N) is 1. The fourth-order valence-electron chi connectivity index (χ4n) is 1.67. The highest BCUT2D eigenvalue weighted by Gasteiger charge is 2.01. The summed E-state index contributed by atoms with van der Waals surface area (Å²) in [4.78, 5) is 11.7. The highest BCUT2D eigenvalue weighted by atomic mass is 16.5. The lowest BCUT2D eigenvalue weighted by atomic mass is 10.1. The molecule has 0 saturated heterocycles. The Balaban J connectivity index is 2.54. The van der Waals surface area contributed by atoms with Crippen molar-refractivity contribution < 1.29 is 9.53 Å². The van der Waals surface area contributed by atoms with Crippen LogP contribution in [0.2, 0.25) is 0 Å². The van der Waals surface area contributed by atoms with Gasteiger partial charge in [-0.25, -0.2) is 0 Å². The van der Waals surface area contributed by atoms with E-state index in [2.05, 4.69) is 26.1 Å². The topological polar surface area (TPSA) is 38.3 Å². The number of ether oxygens (including phenoxy) is 1. The number of carbonyl (C=O) groups excluding carboxylic acids is 1. The van der Waals surface area contributed by atoms with E-state index in [1.807, 2.05) is 24.3 Å². The lowest BCUT2D eigenvalue weighted by Gasteiger charge is -2.08. The van der Waals surface area contributed by atoms with Gasteiger partial charge in [-0.1, -0.05) is 39.0 Å². The van der Waals surface area contributed by atoms with E-state index in [1.165, 1.54) is 0 Å². The summed E-state index contributed by atoms with van der Waals surface area (Å²) in [5.74, 6) is 1.36. The largest absolute Gasteiger partial charge is 0.493 e. The monoisotopic (exact) mass is 275 g/mol. The molecule has 3 nitrogen and oxygen atoms in total. The highest BCUT2D eigenvalue weighted by Crippen LogP contribution is 2.19. The summed E-state index contributed by atoms with van der Waals surface area (Å²) >= 11 is 0. The second-order valence-electron chi connectivity index (χ2n) is 5.19. The van der Waals surface area contributed by atoms with Crippen LogP contribution >= 0.6 is 0 Å². The molecule has 0 fully saturated rings. The van der Waals surface area contributed by atoms with E-state index in [0.29, 0.717) is 12.5 Å². The molecule has 20 heavy (non-hydrogen) atoms. The van der Waals surface area contributed by atoms with Crippen LogP contribution in [0.1, 0.15) is 39.2 Å². The molecule has 0 atom stereocenters. The van der Waals surface area contributed by atoms with Crippen molar-refractivity contribution >= 4 is 12.0 Å². The minimum atomic E-state index is -0.0593. The van der Waals surface area contributed by atoms with Crippen LogP contribution in [0.25, 0.3) is 6.08 Å². The second-order valence-corrected chi connectivity index (χ2v) is 5.19. The Bertz CT molecular complexity index is 438. The number of rotatable bonds is 8. The van der Waals surface area contributed by atoms with Gasteiger partial charge in [0.15, 0.2) is 0 Å². The molecule has 1 rings (SSSR count). The van der Waals surface area contributed by atoms with Crippen molar-refractivity contribution in [3.05, 3.63) is 35.9 Å². The van der Waals surface area contributed by atoms with Gasteiger partial charge in [0.2, 0.25) is 5.91 Å². The van der Waals surface area contributed by atoms with Gasteiger partial charge in [-0.05, 0) is 30.9 Å². The third kappa shape index (κ3) is 6.41. The molecular formula is C17H25NO2. The zero-order valence-corrected chi connectivity index (χ0v) is 12.7. The Kier molecular flexibility index (Phi) is 7.48. The first kappa shape index (κ1) is 16.3. The predicted octanol–water partition coefficient (Wildman–Crippen LogP) is 3.65. The Morgan fingerprint density at radius 3 is 2.80 bits per heavy atom. The summed E-state index contributed by atoms with van der Waals surface area (Å²) in [5, 5.41) is 2.88. The van der Waals surface area contributed by atoms with Gasteiger partial charge in [-0.2, -0.15) is 0 Å². The van der Waals surface area contributed by atoms with E-state index in [0.717, 1.165) is 30.7 Å². The molecule has 0 radical (unpaired) electrons. The summed E-state index contributed by atoms with van der Waals surface area (Å²) in [7, 11) is 0. The normalized spacial score (nSPS) is 11.0. The SMILES string of the molecule is CCCOc1ccccc1/C=C/C(=O)NCCC(C)C. The fourth-order valence-corrected chi connectivity index (χ4v) is 1.67. The van der Waals surface area contributed by atoms with Crippen LogP contribution in [0.5, 0.6) is 5.75 Å². The summed E-state index contributed by atoms with van der Waals surface area (Å²) in [6.45, 7) is 7.76. The lowest BCUT2D eigenvalue weighted by Crippen LogP contribution is -2.23. The quantitative estimate of drug-likeness (QED) is 0.735. The van der Waals surface area contributed by atoms with E-state index in [1.54, 1.807) is 12.2 Å². The maximum Gasteiger partial charge on any atom is 0.244 e. The van der Waals surface area contributed by atoms with E-state index < -0.39 is 0 Å². The first-order valence-corrected chi connectivity index (χ1v) is 7.31. The maximum absolute atomic E-state index is 11.7. The molecule has 1 aromatic rings. The minimum absolute atomic E-state index is 0.0593. The standard InChI is InChI=1S/C17H25NO2/c1-4-13-20-16-8-6-5-7-15(16)9-10-17(19)18-12-11-14(2)3/h5-10,14H,4,11-13H2,1-3H3,(H,18,19)/b10-9+. The molecule has 1 aromatic carbocycles. The third-order valence-corrected chi connectivity index (χ3v) is 2.82. The smallest absolute Gasteiger partial charge is 0.244 e. The number of hydrogen-bond donors (Lipinski definition) is 1. The van der Waals surface area contributed by atoms with Crippen molar-refractivity contribution in [2.75, 3.05) is 13.2 Å². The van der Waals surface area contributed by atoms with Crippen LogP contribution in [0, 0.1) is 5.92 Å².